The van der Waals surface area contributed by atoms with E-state index < -0.39 is 0 Å². The van der Waals surface area contributed by atoms with Gasteiger partial charge in [-0.3, -0.25) is 10.1 Å². The van der Waals surface area contributed by atoms with Crippen LogP contribution in [0.25, 0.3) is 5.69 Å². The predicted octanol–water partition coefficient (Wildman–Crippen LogP) is 3.10. The first kappa shape index (κ1) is 14.4. The summed E-state index contributed by atoms with van der Waals surface area (Å²) in [6, 6.07) is 9.63. The number of hydrogen-bond acceptors (Lipinski definition) is 5. The van der Waals surface area contributed by atoms with E-state index in [9.17, 15) is 4.79 Å². The van der Waals surface area contributed by atoms with Gasteiger partial charge in [-0.2, -0.15) is 5.10 Å². The molecule has 0 spiro atoms. The molecule has 1 aromatic carbocycles. The molecule has 0 radical (unpaired) electrons. The SMILES string of the molecule is CC(C)c1nnc(NC(=O)c2cnn(-c3ccccc3)c2)s1. The summed E-state index contributed by atoms with van der Waals surface area (Å²) < 4.78 is 1.66. The quantitative estimate of drug-likeness (QED) is 0.803. The minimum Gasteiger partial charge on any atom is -0.296 e. The largest absolute Gasteiger partial charge is 0.296 e. The first-order valence-corrected chi connectivity index (χ1v) is 7.70. The Labute approximate surface area is 131 Å². The van der Waals surface area contributed by atoms with Crippen molar-refractivity contribution < 1.29 is 4.79 Å². The second-order valence-corrected chi connectivity index (χ2v) is 6.07. The van der Waals surface area contributed by atoms with Gasteiger partial charge in [0.1, 0.15) is 5.01 Å². The number of aromatic nitrogens is 4. The summed E-state index contributed by atoms with van der Waals surface area (Å²) >= 11 is 1.39. The van der Waals surface area contributed by atoms with Gasteiger partial charge in [0, 0.05) is 12.1 Å². The molecule has 6 nitrogen and oxygen atoms in total. The Morgan fingerprint density at radius 2 is 2.00 bits per heavy atom. The highest BCUT2D eigenvalue weighted by molar-refractivity contribution is 7.15. The average Bonchev–Trinajstić information content (AvgIpc) is 3.17. The molecule has 0 aliphatic carbocycles. The van der Waals surface area contributed by atoms with Crippen molar-refractivity contribution >= 4 is 22.4 Å². The molecule has 0 fully saturated rings. The van der Waals surface area contributed by atoms with Crippen molar-refractivity contribution in [1.82, 2.24) is 20.0 Å². The third-order valence-corrected chi connectivity index (χ3v) is 4.16. The van der Waals surface area contributed by atoms with Crippen molar-refractivity contribution in [3.8, 4) is 5.69 Å². The minimum absolute atomic E-state index is 0.242. The number of benzene rings is 1. The molecule has 0 aliphatic heterocycles. The van der Waals surface area contributed by atoms with Crippen LogP contribution in [0.5, 0.6) is 0 Å². The molecule has 0 saturated carbocycles. The van der Waals surface area contributed by atoms with E-state index >= 15 is 0 Å². The van der Waals surface area contributed by atoms with Crippen LogP contribution >= 0.6 is 11.3 Å². The maximum absolute atomic E-state index is 12.2. The fourth-order valence-corrected chi connectivity index (χ4v) is 2.59. The third-order valence-electron chi connectivity index (χ3n) is 3.02. The average molecular weight is 313 g/mol. The minimum atomic E-state index is -0.242. The molecule has 3 rings (SSSR count). The summed E-state index contributed by atoms with van der Waals surface area (Å²) in [7, 11) is 0. The summed E-state index contributed by atoms with van der Waals surface area (Å²) in [5, 5.41) is 16.4. The lowest BCUT2D eigenvalue weighted by Crippen LogP contribution is -2.10. The second-order valence-electron chi connectivity index (χ2n) is 5.06. The number of para-hydroxylation sites is 1. The molecule has 1 amide bonds. The molecule has 7 heteroatoms. The van der Waals surface area contributed by atoms with Crippen LogP contribution in [0.2, 0.25) is 0 Å². The second kappa shape index (κ2) is 6.07. The van der Waals surface area contributed by atoms with Crippen LogP contribution in [0, 0.1) is 0 Å². The van der Waals surface area contributed by atoms with E-state index in [1.54, 1.807) is 10.9 Å². The molecule has 0 unspecified atom stereocenters. The molecule has 0 bridgehead atoms. The van der Waals surface area contributed by atoms with Gasteiger partial charge >= 0.3 is 0 Å². The lowest BCUT2D eigenvalue weighted by molar-refractivity contribution is 0.102. The summed E-state index contributed by atoms with van der Waals surface area (Å²) in [6.45, 7) is 4.08. The third kappa shape index (κ3) is 3.04. The molecule has 0 saturated heterocycles. The van der Waals surface area contributed by atoms with Gasteiger partial charge in [0.25, 0.3) is 5.91 Å². The van der Waals surface area contributed by atoms with E-state index in [0.717, 1.165) is 10.7 Å². The smallest absolute Gasteiger partial charge is 0.260 e. The van der Waals surface area contributed by atoms with E-state index in [1.807, 2.05) is 44.2 Å². The molecule has 1 N–H and O–H groups in total. The normalized spacial score (nSPS) is 10.9. The lowest BCUT2D eigenvalue weighted by atomic mass is 10.2. The van der Waals surface area contributed by atoms with E-state index in [0.29, 0.717) is 16.6 Å². The van der Waals surface area contributed by atoms with Crippen molar-refractivity contribution in [2.45, 2.75) is 19.8 Å². The van der Waals surface area contributed by atoms with E-state index in [4.69, 9.17) is 0 Å². The highest BCUT2D eigenvalue weighted by atomic mass is 32.1. The molecule has 3 aromatic rings. The Bertz CT molecular complexity index is 778. The number of amides is 1. The lowest BCUT2D eigenvalue weighted by Gasteiger charge is -1.99. The predicted molar refractivity (Wildman–Crippen MR) is 85.5 cm³/mol. The Kier molecular flexibility index (Phi) is 3.97. The number of anilines is 1. The van der Waals surface area contributed by atoms with Gasteiger partial charge in [-0.25, -0.2) is 4.68 Å². The van der Waals surface area contributed by atoms with E-state index in [-0.39, 0.29) is 5.91 Å². The number of carbonyl (C=O) groups is 1. The molecular formula is C15H15N5OS. The van der Waals surface area contributed by atoms with Crippen LogP contribution in [0.15, 0.2) is 42.7 Å². The van der Waals surface area contributed by atoms with Gasteiger partial charge in [0.15, 0.2) is 0 Å². The van der Waals surface area contributed by atoms with Crippen molar-refractivity contribution in [2.75, 3.05) is 5.32 Å². The summed E-state index contributed by atoms with van der Waals surface area (Å²) in [5.74, 6) is 0.0534. The Hall–Kier alpha value is -2.54. The number of nitrogens with zero attached hydrogens (tertiary/aromatic N) is 4. The number of hydrogen-bond donors (Lipinski definition) is 1. The summed E-state index contributed by atoms with van der Waals surface area (Å²) in [5.41, 5.74) is 1.38. The van der Waals surface area contributed by atoms with Gasteiger partial charge in [0.05, 0.1) is 17.4 Å². The summed E-state index contributed by atoms with van der Waals surface area (Å²) in [4.78, 5) is 12.2. The maximum atomic E-state index is 12.2. The molecular weight excluding hydrogens is 298 g/mol. The van der Waals surface area contributed by atoms with Crippen molar-refractivity contribution in [3.05, 3.63) is 53.3 Å². The molecule has 0 aliphatic rings. The number of nitrogens with one attached hydrogen (secondary N) is 1. The van der Waals surface area contributed by atoms with Crippen LogP contribution in [-0.4, -0.2) is 25.9 Å². The van der Waals surface area contributed by atoms with Crippen molar-refractivity contribution in [3.63, 3.8) is 0 Å². The zero-order chi connectivity index (χ0) is 15.5. The topological polar surface area (TPSA) is 72.7 Å². The van der Waals surface area contributed by atoms with Gasteiger partial charge in [0.2, 0.25) is 5.13 Å². The molecule has 22 heavy (non-hydrogen) atoms. The fourth-order valence-electron chi connectivity index (χ4n) is 1.85. The van der Waals surface area contributed by atoms with E-state index in [2.05, 4.69) is 20.6 Å². The fraction of sp³-hybridized carbons (Fsp3) is 0.200. The van der Waals surface area contributed by atoms with Gasteiger partial charge in [-0.05, 0) is 12.1 Å². The van der Waals surface area contributed by atoms with Crippen LogP contribution < -0.4 is 5.32 Å². The highest BCUT2D eigenvalue weighted by Crippen LogP contribution is 2.22. The monoisotopic (exact) mass is 313 g/mol. The molecule has 0 atom stereocenters. The maximum Gasteiger partial charge on any atom is 0.260 e. The Morgan fingerprint density at radius 3 is 2.68 bits per heavy atom. The van der Waals surface area contributed by atoms with Gasteiger partial charge in [-0.15, -0.1) is 10.2 Å². The van der Waals surface area contributed by atoms with Crippen LogP contribution in [0.4, 0.5) is 5.13 Å². The Morgan fingerprint density at radius 1 is 1.23 bits per heavy atom. The zero-order valence-corrected chi connectivity index (χ0v) is 13.0. The molecule has 2 aromatic heterocycles. The highest BCUT2D eigenvalue weighted by Gasteiger charge is 2.13. The molecule has 112 valence electrons. The van der Waals surface area contributed by atoms with Crippen LogP contribution in [-0.2, 0) is 0 Å². The van der Waals surface area contributed by atoms with Crippen LogP contribution in [0.1, 0.15) is 35.1 Å². The van der Waals surface area contributed by atoms with Crippen molar-refractivity contribution in [1.29, 1.82) is 0 Å². The summed E-state index contributed by atoms with van der Waals surface area (Å²) in [6.07, 6.45) is 3.22. The van der Waals surface area contributed by atoms with E-state index in [1.165, 1.54) is 17.5 Å². The van der Waals surface area contributed by atoms with Crippen molar-refractivity contribution in [2.24, 2.45) is 0 Å². The first-order valence-electron chi connectivity index (χ1n) is 6.88. The Balaban J connectivity index is 1.74. The number of rotatable bonds is 4. The zero-order valence-electron chi connectivity index (χ0n) is 12.2. The van der Waals surface area contributed by atoms with Gasteiger partial charge < -0.3 is 0 Å². The first-order chi connectivity index (χ1) is 10.6. The van der Waals surface area contributed by atoms with Gasteiger partial charge in [-0.1, -0.05) is 43.4 Å². The van der Waals surface area contributed by atoms with Crippen LogP contribution in [0.3, 0.4) is 0 Å². The standard InChI is InChI=1S/C15H15N5OS/c1-10(2)14-18-19-15(22-14)17-13(21)11-8-16-20(9-11)12-6-4-3-5-7-12/h3-10H,1-2H3,(H,17,19,21). The molecule has 2 heterocycles. The number of carbonyl (C=O) groups excluding carboxylic acids is 1.